The Morgan fingerprint density at radius 3 is 2.26 bits per heavy atom. The molecule has 19 heavy (non-hydrogen) atoms. The van der Waals surface area contributed by atoms with Crippen molar-refractivity contribution in [3.05, 3.63) is 41.6 Å². The van der Waals surface area contributed by atoms with E-state index in [0.717, 1.165) is 0 Å². The average Bonchev–Trinajstić information content (AvgIpc) is 2.39. The van der Waals surface area contributed by atoms with Crippen LogP contribution in [-0.2, 0) is 0 Å². The second kappa shape index (κ2) is 6.83. The zero-order chi connectivity index (χ0) is 14.3. The van der Waals surface area contributed by atoms with E-state index in [1.165, 1.54) is 6.20 Å². The molecule has 0 aromatic heterocycles. The third-order valence-corrected chi connectivity index (χ3v) is 2.19. The Labute approximate surface area is 112 Å². The van der Waals surface area contributed by atoms with Crippen molar-refractivity contribution >= 4 is 11.6 Å². The maximum absolute atomic E-state index is 11.7. The number of benzene rings is 1. The van der Waals surface area contributed by atoms with Gasteiger partial charge in [0.15, 0.2) is 0 Å². The minimum Gasteiger partial charge on any atom is -0.360 e. The topological polar surface area (TPSA) is 88.7 Å². The van der Waals surface area contributed by atoms with E-state index in [2.05, 4.69) is 10.6 Å². The molecule has 0 aliphatic heterocycles. The van der Waals surface area contributed by atoms with Crippen molar-refractivity contribution in [1.29, 1.82) is 10.5 Å². The van der Waals surface area contributed by atoms with E-state index in [0.29, 0.717) is 11.3 Å². The molecule has 0 radical (unpaired) electrons. The molecule has 5 nitrogen and oxygen atoms in total. The zero-order valence-corrected chi connectivity index (χ0v) is 10.8. The van der Waals surface area contributed by atoms with Crippen LogP contribution in [0.2, 0.25) is 0 Å². The molecule has 1 aromatic rings. The van der Waals surface area contributed by atoms with Gasteiger partial charge in [0.25, 0.3) is 5.91 Å². The first-order valence-electron chi connectivity index (χ1n) is 5.74. The van der Waals surface area contributed by atoms with Gasteiger partial charge in [0.1, 0.15) is 17.7 Å². The van der Waals surface area contributed by atoms with E-state index in [9.17, 15) is 4.79 Å². The molecule has 0 fully saturated rings. The molecule has 0 saturated carbocycles. The van der Waals surface area contributed by atoms with Gasteiger partial charge in [-0.15, -0.1) is 0 Å². The molecule has 5 heteroatoms. The van der Waals surface area contributed by atoms with Gasteiger partial charge in [-0.1, -0.05) is 0 Å². The van der Waals surface area contributed by atoms with Crippen molar-refractivity contribution in [3.63, 3.8) is 0 Å². The fourth-order valence-corrected chi connectivity index (χ4v) is 1.31. The smallest absolute Gasteiger partial charge is 0.251 e. The molecule has 0 bridgehead atoms. The van der Waals surface area contributed by atoms with Gasteiger partial charge >= 0.3 is 0 Å². The lowest BCUT2D eigenvalue weighted by Gasteiger charge is -2.08. The van der Waals surface area contributed by atoms with Crippen molar-refractivity contribution in [2.75, 3.05) is 5.32 Å². The zero-order valence-electron chi connectivity index (χ0n) is 10.8. The van der Waals surface area contributed by atoms with Crippen molar-refractivity contribution in [2.24, 2.45) is 0 Å². The molecule has 1 aromatic carbocycles. The summed E-state index contributed by atoms with van der Waals surface area (Å²) in [6.07, 6.45) is 1.32. The molecule has 0 spiro atoms. The van der Waals surface area contributed by atoms with Crippen LogP contribution >= 0.6 is 0 Å². The maximum Gasteiger partial charge on any atom is 0.251 e. The third-order valence-electron chi connectivity index (χ3n) is 2.19. The predicted molar refractivity (Wildman–Crippen MR) is 72.0 cm³/mol. The number of hydrogen-bond acceptors (Lipinski definition) is 4. The molecule has 96 valence electrons. The number of anilines is 1. The highest BCUT2D eigenvalue weighted by molar-refractivity contribution is 5.94. The van der Waals surface area contributed by atoms with Gasteiger partial charge in [-0.25, -0.2) is 0 Å². The summed E-state index contributed by atoms with van der Waals surface area (Å²) in [5.41, 5.74) is 1.25. The number of rotatable bonds is 4. The summed E-state index contributed by atoms with van der Waals surface area (Å²) >= 11 is 0. The van der Waals surface area contributed by atoms with Gasteiger partial charge in [0.05, 0.1) is 0 Å². The van der Waals surface area contributed by atoms with Crippen LogP contribution in [0.1, 0.15) is 24.2 Å². The van der Waals surface area contributed by atoms with Crippen molar-refractivity contribution in [3.8, 4) is 12.1 Å². The number of allylic oxidation sites excluding steroid dienone is 1. The quantitative estimate of drug-likeness (QED) is 0.806. The molecule has 0 atom stereocenters. The van der Waals surface area contributed by atoms with E-state index in [-0.39, 0.29) is 17.5 Å². The summed E-state index contributed by atoms with van der Waals surface area (Å²) in [7, 11) is 0. The maximum atomic E-state index is 11.7. The van der Waals surface area contributed by atoms with Gasteiger partial charge in [0, 0.05) is 23.5 Å². The number of nitriles is 2. The number of hydrogen-bond donors (Lipinski definition) is 2. The lowest BCUT2D eigenvalue weighted by atomic mass is 10.2. The molecule has 2 N–H and O–H groups in total. The van der Waals surface area contributed by atoms with Crippen LogP contribution in [-0.4, -0.2) is 11.9 Å². The molecule has 0 heterocycles. The Kier molecular flexibility index (Phi) is 5.13. The van der Waals surface area contributed by atoms with E-state index in [1.54, 1.807) is 36.4 Å². The molecule has 0 aliphatic rings. The van der Waals surface area contributed by atoms with Crippen molar-refractivity contribution in [1.82, 2.24) is 5.32 Å². The Hall–Kier alpha value is -2.79. The molecule has 0 aliphatic carbocycles. The van der Waals surface area contributed by atoms with Crippen molar-refractivity contribution in [2.45, 2.75) is 19.9 Å². The van der Waals surface area contributed by atoms with Gasteiger partial charge in [-0.3, -0.25) is 4.79 Å². The highest BCUT2D eigenvalue weighted by Gasteiger charge is 2.05. The summed E-state index contributed by atoms with van der Waals surface area (Å²) in [4.78, 5) is 11.7. The number of amides is 1. The van der Waals surface area contributed by atoms with Crippen LogP contribution in [0.3, 0.4) is 0 Å². The normalized spacial score (nSPS) is 9.11. The Bertz CT molecular complexity index is 543. The van der Waals surface area contributed by atoms with Crippen LogP contribution in [0.25, 0.3) is 0 Å². The van der Waals surface area contributed by atoms with Gasteiger partial charge < -0.3 is 10.6 Å². The highest BCUT2D eigenvalue weighted by Crippen LogP contribution is 2.10. The summed E-state index contributed by atoms with van der Waals surface area (Å²) in [6, 6.07) is 10.3. The van der Waals surface area contributed by atoms with Crippen LogP contribution in [0.15, 0.2) is 36.0 Å². The van der Waals surface area contributed by atoms with E-state index < -0.39 is 0 Å². The Morgan fingerprint density at radius 2 is 1.79 bits per heavy atom. The monoisotopic (exact) mass is 254 g/mol. The van der Waals surface area contributed by atoms with Crippen LogP contribution in [0.4, 0.5) is 5.69 Å². The Morgan fingerprint density at radius 1 is 1.21 bits per heavy atom. The van der Waals surface area contributed by atoms with E-state index >= 15 is 0 Å². The number of nitrogens with zero attached hydrogens (tertiary/aromatic N) is 2. The molecule has 0 unspecified atom stereocenters. The lowest BCUT2D eigenvalue weighted by Crippen LogP contribution is -2.29. The largest absolute Gasteiger partial charge is 0.360 e. The number of carbonyl (C=O) groups is 1. The second-order valence-electron chi connectivity index (χ2n) is 4.13. The SMILES string of the molecule is CC(C)NC(=O)c1ccc(NC=C(C#N)C#N)cc1. The third kappa shape index (κ3) is 4.53. The standard InChI is InChI=1S/C14H14N4O/c1-10(2)18-14(19)12-3-5-13(6-4-12)17-9-11(7-15)8-16/h3-6,9-10,17H,1-2H3,(H,18,19). The summed E-state index contributed by atoms with van der Waals surface area (Å²) in [6.45, 7) is 3.79. The Balaban J connectivity index is 2.73. The minimum absolute atomic E-state index is 0.0124. The van der Waals surface area contributed by atoms with Crippen LogP contribution in [0, 0.1) is 22.7 Å². The van der Waals surface area contributed by atoms with Gasteiger partial charge in [0.2, 0.25) is 0 Å². The summed E-state index contributed by atoms with van der Waals surface area (Å²) in [5.74, 6) is -0.133. The minimum atomic E-state index is -0.133. The van der Waals surface area contributed by atoms with E-state index in [4.69, 9.17) is 10.5 Å². The summed E-state index contributed by atoms with van der Waals surface area (Å²) < 4.78 is 0. The highest BCUT2D eigenvalue weighted by atomic mass is 16.1. The average molecular weight is 254 g/mol. The molecule has 1 rings (SSSR count). The fourth-order valence-electron chi connectivity index (χ4n) is 1.31. The molecular formula is C14H14N4O. The molecular weight excluding hydrogens is 240 g/mol. The first-order valence-corrected chi connectivity index (χ1v) is 5.74. The predicted octanol–water partition coefficient (Wildman–Crippen LogP) is 2.17. The fraction of sp³-hybridized carbons (Fsp3) is 0.214. The van der Waals surface area contributed by atoms with Gasteiger partial charge in [-0.05, 0) is 38.1 Å². The van der Waals surface area contributed by atoms with Gasteiger partial charge in [-0.2, -0.15) is 10.5 Å². The molecule has 1 amide bonds. The number of carbonyl (C=O) groups excluding carboxylic acids is 1. The van der Waals surface area contributed by atoms with Crippen LogP contribution < -0.4 is 10.6 Å². The van der Waals surface area contributed by atoms with E-state index in [1.807, 2.05) is 13.8 Å². The number of nitrogens with one attached hydrogen (secondary N) is 2. The molecule has 0 saturated heterocycles. The first kappa shape index (κ1) is 14.3. The summed E-state index contributed by atoms with van der Waals surface area (Å²) in [5, 5.41) is 22.7. The second-order valence-corrected chi connectivity index (χ2v) is 4.13. The first-order chi connectivity index (χ1) is 9.06. The lowest BCUT2D eigenvalue weighted by molar-refractivity contribution is 0.0943. The van der Waals surface area contributed by atoms with Crippen LogP contribution in [0.5, 0.6) is 0 Å². The van der Waals surface area contributed by atoms with Crippen molar-refractivity contribution < 1.29 is 4.79 Å².